The molecule has 2 rings (SSSR count). The number of carbonyl (C=O) groups excluding carboxylic acids is 2. The number of amides is 2. The van der Waals surface area contributed by atoms with Crippen molar-refractivity contribution in [2.75, 3.05) is 20.6 Å². The molecule has 2 heterocycles. The van der Waals surface area contributed by atoms with Crippen molar-refractivity contribution < 1.29 is 24.0 Å². The molecule has 8 nitrogen and oxygen atoms in total. The van der Waals surface area contributed by atoms with Crippen LogP contribution in [-0.4, -0.2) is 69.7 Å². The molecule has 3 atom stereocenters. The Kier molecular flexibility index (Phi) is 5.07. The third-order valence-corrected chi connectivity index (χ3v) is 5.81. The van der Waals surface area contributed by atoms with Crippen molar-refractivity contribution in [1.82, 2.24) is 4.90 Å². The second-order valence-electron chi connectivity index (χ2n) is 6.53. The molecule has 0 bridgehead atoms. The van der Waals surface area contributed by atoms with Crippen molar-refractivity contribution in [3.8, 4) is 0 Å². The summed E-state index contributed by atoms with van der Waals surface area (Å²) in [5.41, 5.74) is 11.8. The molecule has 2 aliphatic rings. The van der Waals surface area contributed by atoms with Crippen LogP contribution in [-0.2, 0) is 14.4 Å². The van der Waals surface area contributed by atoms with Crippen LogP contribution in [0.5, 0.6) is 0 Å². The molecule has 0 aromatic rings. The molecule has 1 fully saturated rings. The summed E-state index contributed by atoms with van der Waals surface area (Å²) in [5.74, 6) is -1.78. The SMILES string of the molecule is C[C@H](C(N)=O)[N+](C)(C)C/C=C/C1=C(C(=O)O)N2C(=O)C[C@H]2SC1N. The van der Waals surface area contributed by atoms with Crippen LogP contribution in [0.4, 0.5) is 0 Å². The third kappa shape index (κ3) is 3.33. The summed E-state index contributed by atoms with van der Waals surface area (Å²) in [6, 6.07) is -0.390. The number of hydrogen-bond donors (Lipinski definition) is 3. The van der Waals surface area contributed by atoms with Crippen LogP contribution in [0.2, 0.25) is 0 Å². The van der Waals surface area contributed by atoms with Gasteiger partial charge in [-0.1, -0.05) is 6.08 Å². The lowest BCUT2D eigenvalue weighted by Gasteiger charge is -2.45. The Labute approximate surface area is 144 Å². The van der Waals surface area contributed by atoms with E-state index in [-0.39, 0.29) is 17.0 Å². The van der Waals surface area contributed by atoms with E-state index < -0.39 is 23.3 Å². The molecule has 0 saturated carbocycles. The molecular weight excluding hydrogens is 332 g/mol. The van der Waals surface area contributed by atoms with E-state index >= 15 is 0 Å². The molecule has 9 heteroatoms. The molecule has 1 unspecified atom stereocenters. The van der Waals surface area contributed by atoms with Gasteiger partial charge >= 0.3 is 5.97 Å². The van der Waals surface area contributed by atoms with Gasteiger partial charge in [-0.25, -0.2) is 4.79 Å². The van der Waals surface area contributed by atoms with Gasteiger partial charge in [0.15, 0.2) is 6.04 Å². The van der Waals surface area contributed by atoms with Crippen molar-refractivity contribution in [2.45, 2.75) is 30.1 Å². The molecular formula is C15H23N4O4S+. The Morgan fingerprint density at radius 2 is 2.12 bits per heavy atom. The fourth-order valence-corrected chi connectivity index (χ4v) is 3.89. The highest BCUT2D eigenvalue weighted by Crippen LogP contribution is 2.42. The Bertz CT molecular complexity index is 643. The number of carbonyl (C=O) groups is 3. The molecule has 0 aromatic heterocycles. The first kappa shape index (κ1) is 18.5. The van der Waals surface area contributed by atoms with Crippen molar-refractivity contribution in [2.24, 2.45) is 11.5 Å². The number of carboxylic acid groups (broad SMARTS) is 1. The highest BCUT2D eigenvalue weighted by molar-refractivity contribution is 8.00. The molecule has 5 N–H and O–H groups in total. The molecule has 24 heavy (non-hydrogen) atoms. The number of quaternary nitrogens is 1. The summed E-state index contributed by atoms with van der Waals surface area (Å²) in [7, 11) is 3.72. The van der Waals surface area contributed by atoms with Gasteiger partial charge in [-0.05, 0) is 13.0 Å². The van der Waals surface area contributed by atoms with Crippen LogP contribution in [0.3, 0.4) is 0 Å². The quantitative estimate of drug-likeness (QED) is 0.432. The van der Waals surface area contributed by atoms with Crippen molar-refractivity contribution in [3.05, 3.63) is 23.4 Å². The number of rotatable bonds is 6. The Morgan fingerprint density at radius 3 is 2.62 bits per heavy atom. The summed E-state index contributed by atoms with van der Waals surface area (Å²) >= 11 is 1.37. The van der Waals surface area contributed by atoms with Crippen LogP contribution in [0.1, 0.15) is 13.3 Å². The summed E-state index contributed by atoms with van der Waals surface area (Å²) in [6.07, 6.45) is 3.71. The summed E-state index contributed by atoms with van der Waals surface area (Å²) in [4.78, 5) is 36.0. The van der Waals surface area contributed by atoms with Gasteiger partial charge < -0.3 is 21.1 Å². The average Bonchev–Trinajstić information content (AvgIpc) is 2.47. The van der Waals surface area contributed by atoms with Gasteiger partial charge in [0, 0.05) is 5.57 Å². The number of likely N-dealkylation sites (N-methyl/N-ethyl adjacent to an activating group) is 1. The Hall–Kier alpha value is -1.84. The lowest BCUT2D eigenvalue weighted by molar-refractivity contribution is -0.898. The molecule has 0 aliphatic carbocycles. The predicted molar refractivity (Wildman–Crippen MR) is 90.3 cm³/mol. The van der Waals surface area contributed by atoms with Crippen LogP contribution in [0.15, 0.2) is 23.4 Å². The topological polar surface area (TPSA) is 127 Å². The van der Waals surface area contributed by atoms with Gasteiger partial charge in [0.1, 0.15) is 5.70 Å². The lowest BCUT2D eigenvalue weighted by Crippen LogP contribution is -2.56. The second-order valence-corrected chi connectivity index (χ2v) is 7.85. The maximum Gasteiger partial charge on any atom is 0.353 e. The number of nitrogens with zero attached hydrogens (tertiary/aromatic N) is 2. The maximum absolute atomic E-state index is 11.7. The summed E-state index contributed by atoms with van der Waals surface area (Å²) in [6.45, 7) is 2.21. The maximum atomic E-state index is 11.7. The first-order valence-corrected chi connectivity index (χ1v) is 8.49. The second kappa shape index (κ2) is 6.58. The molecule has 0 radical (unpaired) electrons. The van der Waals surface area contributed by atoms with E-state index in [0.717, 1.165) is 0 Å². The number of nitrogens with two attached hydrogens (primary N) is 2. The van der Waals surface area contributed by atoms with E-state index in [9.17, 15) is 19.5 Å². The zero-order chi connectivity index (χ0) is 18.2. The third-order valence-electron chi connectivity index (χ3n) is 4.57. The highest BCUT2D eigenvalue weighted by Gasteiger charge is 2.47. The van der Waals surface area contributed by atoms with Crippen LogP contribution < -0.4 is 11.5 Å². The largest absolute Gasteiger partial charge is 0.477 e. The molecule has 2 aliphatic heterocycles. The normalized spacial score (nSPS) is 25.5. The molecule has 0 spiro atoms. The predicted octanol–water partition coefficient (Wildman–Crippen LogP) is -0.578. The van der Waals surface area contributed by atoms with E-state index in [4.69, 9.17) is 11.5 Å². The first-order valence-electron chi connectivity index (χ1n) is 7.55. The van der Waals surface area contributed by atoms with E-state index in [1.54, 1.807) is 19.1 Å². The smallest absolute Gasteiger partial charge is 0.353 e. The van der Waals surface area contributed by atoms with Crippen molar-refractivity contribution in [1.29, 1.82) is 0 Å². The van der Waals surface area contributed by atoms with E-state index in [0.29, 0.717) is 23.0 Å². The van der Waals surface area contributed by atoms with Crippen molar-refractivity contribution >= 4 is 29.5 Å². The number of primary amides is 1. The minimum atomic E-state index is -1.16. The van der Waals surface area contributed by atoms with Crippen LogP contribution in [0, 0.1) is 0 Å². The molecule has 2 amide bonds. The van der Waals surface area contributed by atoms with Gasteiger partial charge in [0.25, 0.3) is 5.91 Å². The van der Waals surface area contributed by atoms with Gasteiger partial charge in [-0.15, -0.1) is 11.8 Å². The molecule has 132 valence electrons. The number of thioether (sulfide) groups is 1. The summed E-state index contributed by atoms with van der Waals surface area (Å²) in [5, 5.41) is 8.77. The minimum absolute atomic E-state index is 0.0491. The molecule has 1 saturated heterocycles. The van der Waals surface area contributed by atoms with Gasteiger partial charge in [0.05, 0.1) is 37.8 Å². The number of fused-ring (bicyclic) bond motifs is 1. The van der Waals surface area contributed by atoms with E-state index in [1.165, 1.54) is 16.7 Å². The minimum Gasteiger partial charge on any atom is -0.477 e. The summed E-state index contributed by atoms with van der Waals surface area (Å²) < 4.78 is 0.329. The van der Waals surface area contributed by atoms with Crippen LogP contribution in [0.25, 0.3) is 0 Å². The number of β-lactam (4-membered cyclic amide) rings is 1. The fraction of sp³-hybridized carbons (Fsp3) is 0.533. The Balaban J connectivity index is 2.25. The first-order chi connectivity index (χ1) is 11.1. The van der Waals surface area contributed by atoms with Gasteiger partial charge in [-0.3, -0.25) is 14.5 Å². The van der Waals surface area contributed by atoms with Crippen LogP contribution >= 0.6 is 11.8 Å². The average molecular weight is 355 g/mol. The van der Waals surface area contributed by atoms with E-state index in [2.05, 4.69) is 0 Å². The van der Waals surface area contributed by atoms with E-state index in [1.807, 2.05) is 14.1 Å². The van der Waals surface area contributed by atoms with Crippen molar-refractivity contribution in [3.63, 3.8) is 0 Å². The lowest BCUT2D eigenvalue weighted by atomic mass is 10.1. The number of aliphatic carboxylic acids is 1. The number of carboxylic acids is 1. The zero-order valence-corrected chi connectivity index (χ0v) is 14.7. The molecule has 0 aromatic carbocycles. The fourth-order valence-electron chi connectivity index (χ4n) is 2.64. The van der Waals surface area contributed by atoms with Gasteiger partial charge in [0.2, 0.25) is 5.91 Å². The monoisotopic (exact) mass is 355 g/mol. The van der Waals surface area contributed by atoms with Gasteiger partial charge in [-0.2, -0.15) is 0 Å². The zero-order valence-electron chi connectivity index (χ0n) is 13.9. The standard InChI is InChI=1S/C15H22N4O4S/c1-8(13(16)21)19(2,3)6-4-5-9-12(15(22)23)18-10(20)7-11(18)24-14(9)17/h4-5,8,11,14H,6-7,17H2,1-3H3,(H2-,16,21,22,23)/p+1/b5-4+/t8-,11-,14?/m1/s1. The highest BCUT2D eigenvalue weighted by atomic mass is 32.2. The Morgan fingerprint density at radius 1 is 1.50 bits per heavy atom. The number of hydrogen-bond acceptors (Lipinski definition) is 5.